The first-order chi connectivity index (χ1) is 12.7. The van der Waals surface area contributed by atoms with Gasteiger partial charge < -0.3 is 20.0 Å². The number of piperazine rings is 1. The average Bonchev–Trinajstić information content (AvgIpc) is 2.59. The molecule has 1 fully saturated rings. The fourth-order valence-corrected chi connectivity index (χ4v) is 3.64. The van der Waals surface area contributed by atoms with Gasteiger partial charge in [-0.3, -0.25) is 0 Å². The first-order valence-corrected chi connectivity index (χ1v) is 9.64. The molecule has 1 aliphatic rings. The predicted octanol–water partition coefficient (Wildman–Crippen LogP) is 3.04. The summed E-state index contributed by atoms with van der Waals surface area (Å²) in [5.41, 5.74) is 4.79. The van der Waals surface area contributed by atoms with Gasteiger partial charge in [0.1, 0.15) is 11.1 Å². The second kappa shape index (κ2) is 7.47. The molecule has 2 aromatic rings. The Labute approximate surface area is 167 Å². The van der Waals surface area contributed by atoms with E-state index in [0.717, 1.165) is 21.1 Å². The lowest BCUT2D eigenvalue weighted by Gasteiger charge is -2.36. The quantitative estimate of drug-likeness (QED) is 0.551. The van der Waals surface area contributed by atoms with Crippen molar-refractivity contribution in [2.24, 2.45) is 5.84 Å². The molecule has 9 heteroatoms. The maximum Gasteiger partial charge on any atom is 0.410 e. The first kappa shape index (κ1) is 19.6. The van der Waals surface area contributed by atoms with Crippen molar-refractivity contribution in [1.82, 2.24) is 14.9 Å². The second-order valence-electron chi connectivity index (χ2n) is 7.61. The summed E-state index contributed by atoms with van der Waals surface area (Å²) in [7, 11) is 0. The van der Waals surface area contributed by atoms with Gasteiger partial charge in [-0.2, -0.15) is 0 Å². The first-order valence-electron chi connectivity index (χ1n) is 8.85. The minimum atomic E-state index is -0.501. The van der Waals surface area contributed by atoms with E-state index >= 15 is 0 Å². The number of hydrogen-bond donors (Lipinski definition) is 2. The molecule has 1 aliphatic heterocycles. The number of nitrogens with one attached hydrogen (secondary N) is 1. The number of carbonyl (C=O) groups excluding carboxylic acids is 1. The van der Waals surface area contributed by atoms with Gasteiger partial charge in [-0.15, -0.1) is 0 Å². The van der Waals surface area contributed by atoms with Crippen LogP contribution in [0.15, 0.2) is 16.6 Å². The number of rotatable bonds is 2. The fourth-order valence-electron chi connectivity index (χ4n) is 2.99. The van der Waals surface area contributed by atoms with Crippen molar-refractivity contribution < 1.29 is 9.53 Å². The molecule has 2 heterocycles. The van der Waals surface area contributed by atoms with Crippen LogP contribution in [0.3, 0.4) is 0 Å². The minimum Gasteiger partial charge on any atom is -0.444 e. The van der Waals surface area contributed by atoms with Crippen molar-refractivity contribution >= 4 is 44.7 Å². The molecule has 0 unspecified atom stereocenters. The molecule has 1 amide bonds. The Balaban J connectivity index is 1.81. The molecule has 0 radical (unpaired) electrons. The van der Waals surface area contributed by atoms with Crippen molar-refractivity contribution in [3.05, 3.63) is 22.2 Å². The molecule has 3 N–H and O–H groups in total. The number of ether oxygens (including phenoxy) is 1. The summed E-state index contributed by atoms with van der Waals surface area (Å²) in [5, 5.41) is 0. The van der Waals surface area contributed by atoms with Crippen LogP contribution in [0.4, 0.5) is 16.4 Å². The number of hydrogen-bond acceptors (Lipinski definition) is 7. The summed E-state index contributed by atoms with van der Waals surface area (Å²) in [6.45, 7) is 9.95. The highest BCUT2D eigenvalue weighted by Gasteiger charge is 2.27. The highest BCUT2D eigenvalue weighted by molar-refractivity contribution is 9.10. The van der Waals surface area contributed by atoms with E-state index < -0.39 is 5.60 Å². The number of nitrogens with zero attached hydrogens (tertiary/aromatic N) is 4. The topological polar surface area (TPSA) is 96.6 Å². The number of amides is 1. The van der Waals surface area contributed by atoms with E-state index in [0.29, 0.717) is 37.8 Å². The van der Waals surface area contributed by atoms with E-state index in [1.807, 2.05) is 39.8 Å². The summed E-state index contributed by atoms with van der Waals surface area (Å²) in [4.78, 5) is 25.4. The average molecular weight is 437 g/mol. The third-order valence-electron chi connectivity index (χ3n) is 4.22. The monoisotopic (exact) mass is 436 g/mol. The number of benzene rings is 1. The van der Waals surface area contributed by atoms with Crippen LogP contribution in [0.2, 0.25) is 0 Å². The second-order valence-corrected chi connectivity index (χ2v) is 8.46. The van der Waals surface area contributed by atoms with Gasteiger partial charge in [0.2, 0.25) is 0 Å². The van der Waals surface area contributed by atoms with Crippen LogP contribution < -0.4 is 16.2 Å². The van der Waals surface area contributed by atoms with Gasteiger partial charge >= 0.3 is 6.09 Å². The number of hydrazine groups is 1. The lowest BCUT2D eigenvalue weighted by atomic mass is 10.2. The predicted molar refractivity (Wildman–Crippen MR) is 110 cm³/mol. The third kappa shape index (κ3) is 4.41. The van der Waals surface area contributed by atoms with Gasteiger partial charge in [-0.05, 0) is 61.3 Å². The fraction of sp³-hybridized carbons (Fsp3) is 0.500. The van der Waals surface area contributed by atoms with Crippen LogP contribution in [0, 0.1) is 6.92 Å². The number of aryl methyl sites for hydroxylation is 1. The molecule has 0 saturated carbocycles. The number of fused-ring (bicyclic) bond motifs is 1. The number of halogens is 1. The van der Waals surface area contributed by atoms with Crippen LogP contribution in [0.25, 0.3) is 11.0 Å². The Kier molecular flexibility index (Phi) is 5.43. The summed E-state index contributed by atoms with van der Waals surface area (Å²) < 4.78 is 6.34. The molecule has 0 bridgehead atoms. The smallest absolute Gasteiger partial charge is 0.410 e. The van der Waals surface area contributed by atoms with Gasteiger partial charge in [0.05, 0.1) is 5.52 Å². The molecule has 27 heavy (non-hydrogen) atoms. The maximum atomic E-state index is 12.3. The molecule has 8 nitrogen and oxygen atoms in total. The van der Waals surface area contributed by atoms with Gasteiger partial charge in [-0.25, -0.2) is 20.6 Å². The molecule has 0 aliphatic carbocycles. The van der Waals surface area contributed by atoms with Crippen LogP contribution in [-0.4, -0.2) is 52.7 Å². The Morgan fingerprint density at radius 1 is 1.22 bits per heavy atom. The van der Waals surface area contributed by atoms with Crippen molar-refractivity contribution in [2.75, 3.05) is 36.5 Å². The minimum absolute atomic E-state index is 0.290. The van der Waals surface area contributed by atoms with Crippen LogP contribution in [0.5, 0.6) is 0 Å². The molecule has 1 aromatic heterocycles. The summed E-state index contributed by atoms with van der Waals surface area (Å²) >= 11 is 3.57. The molecular formula is C18H25BrN6O2. The molecular weight excluding hydrogens is 412 g/mol. The van der Waals surface area contributed by atoms with Crippen LogP contribution in [-0.2, 0) is 4.74 Å². The Morgan fingerprint density at radius 2 is 1.89 bits per heavy atom. The van der Waals surface area contributed by atoms with E-state index in [1.54, 1.807) is 4.90 Å². The Morgan fingerprint density at radius 3 is 2.48 bits per heavy atom. The SMILES string of the molecule is Cc1cc(Br)c2nc(N3CCN(C(=O)OC(C)(C)C)CC3)c(NN)nc2c1. The number of nitrogen functional groups attached to an aromatic ring is 1. The zero-order chi connectivity index (χ0) is 19.8. The van der Waals surface area contributed by atoms with Crippen molar-refractivity contribution in [1.29, 1.82) is 0 Å². The molecule has 1 aromatic carbocycles. The molecule has 0 atom stereocenters. The van der Waals surface area contributed by atoms with Crippen molar-refractivity contribution in [3.8, 4) is 0 Å². The summed E-state index contributed by atoms with van der Waals surface area (Å²) in [5.74, 6) is 6.89. The Hall–Kier alpha value is -2.13. The van der Waals surface area contributed by atoms with Crippen LogP contribution >= 0.6 is 15.9 Å². The van der Waals surface area contributed by atoms with Crippen molar-refractivity contribution in [2.45, 2.75) is 33.3 Å². The van der Waals surface area contributed by atoms with Gasteiger partial charge in [0, 0.05) is 30.7 Å². The van der Waals surface area contributed by atoms with E-state index in [-0.39, 0.29) is 6.09 Å². The molecule has 146 valence electrons. The van der Waals surface area contributed by atoms with E-state index in [4.69, 9.17) is 15.6 Å². The number of nitrogens with two attached hydrogens (primary N) is 1. The van der Waals surface area contributed by atoms with E-state index in [9.17, 15) is 4.79 Å². The largest absolute Gasteiger partial charge is 0.444 e. The Bertz CT molecular complexity index is 859. The van der Waals surface area contributed by atoms with E-state index in [2.05, 4.69) is 31.2 Å². The van der Waals surface area contributed by atoms with E-state index in [1.165, 1.54) is 0 Å². The zero-order valence-corrected chi connectivity index (χ0v) is 17.6. The molecule has 3 rings (SSSR count). The number of anilines is 2. The van der Waals surface area contributed by atoms with Gasteiger partial charge in [0.15, 0.2) is 11.6 Å². The maximum absolute atomic E-state index is 12.3. The standard InChI is InChI=1S/C18H25BrN6O2/c1-11-9-12(19)14-13(10-11)21-15(23-20)16(22-14)24-5-7-25(8-6-24)17(26)27-18(2,3)4/h9-10H,5-8,20H2,1-4H3,(H,21,23). The lowest BCUT2D eigenvalue weighted by molar-refractivity contribution is 0.0240. The summed E-state index contributed by atoms with van der Waals surface area (Å²) in [6, 6.07) is 3.98. The van der Waals surface area contributed by atoms with Crippen molar-refractivity contribution in [3.63, 3.8) is 0 Å². The zero-order valence-electron chi connectivity index (χ0n) is 16.0. The van der Waals surface area contributed by atoms with Crippen LogP contribution in [0.1, 0.15) is 26.3 Å². The summed E-state index contributed by atoms with van der Waals surface area (Å²) in [6.07, 6.45) is -0.290. The third-order valence-corrected chi connectivity index (χ3v) is 4.82. The number of aromatic nitrogens is 2. The highest BCUT2D eigenvalue weighted by atomic mass is 79.9. The number of carbonyl (C=O) groups is 1. The van der Waals surface area contributed by atoms with Gasteiger partial charge in [-0.1, -0.05) is 0 Å². The highest BCUT2D eigenvalue weighted by Crippen LogP contribution is 2.30. The molecule has 0 spiro atoms. The van der Waals surface area contributed by atoms with Gasteiger partial charge in [0.25, 0.3) is 0 Å². The normalized spacial score (nSPS) is 15.2. The lowest BCUT2D eigenvalue weighted by Crippen LogP contribution is -2.50. The molecule has 1 saturated heterocycles.